The van der Waals surface area contributed by atoms with E-state index < -0.39 is 21.4 Å². The van der Waals surface area contributed by atoms with E-state index in [-0.39, 0.29) is 23.3 Å². The smallest absolute Gasteiger partial charge is 0.243 e. The highest BCUT2D eigenvalue weighted by atomic mass is 32.2. The summed E-state index contributed by atoms with van der Waals surface area (Å²) in [6, 6.07) is 4.92. The summed E-state index contributed by atoms with van der Waals surface area (Å²) < 4.78 is 41.0. The van der Waals surface area contributed by atoms with Crippen molar-refractivity contribution < 1.29 is 17.6 Å². The Morgan fingerprint density at radius 1 is 1.29 bits per heavy atom. The average molecular weight is 312 g/mol. The van der Waals surface area contributed by atoms with E-state index in [4.69, 9.17) is 0 Å². The molecule has 21 heavy (non-hydrogen) atoms. The van der Waals surface area contributed by atoms with Gasteiger partial charge in [-0.2, -0.15) is 0 Å². The minimum absolute atomic E-state index is 0.0453. The second-order valence-corrected chi connectivity index (χ2v) is 7.38. The van der Waals surface area contributed by atoms with Crippen molar-refractivity contribution in [1.82, 2.24) is 10.0 Å². The lowest BCUT2D eigenvalue weighted by Gasteiger charge is -2.50. The number of hydrogen-bond donors (Lipinski definition) is 2. The molecule has 0 radical (unpaired) electrons. The molecule has 1 aliphatic heterocycles. The SMILES string of the molecule is O=C1CCC(NS(=O)(=O)c2ccccc2F)C2(CCC2)N1. The van der Waals surface area contributed by atoms with Crippen molar-refractivity contribution in [2.75, 3.05) is 0 Å². The largest absolute Gasteiger partial charge is 0.349 e. The number of sulfonamides is 1. The maximum atomic E-state index is 13.7. The van der Waals surface area contributed by atoms with Gasteiger partial charge < -0.3 is 5.32 Å². The van der Waals surface area contributed by atoms with Crippen molar-refractivity contribution >= 4 is 15.9 Å². The van der Waals surface area contributed by atoms with Crippen LogP contribution in [-0.2, 0) is 14.8 Å². The molecule has 0 aromatic heterocycles. The van der Waals surface area contributed by atoms with E-state index in [0.717, 1.165) is 25.3 Å². The van der Waals surface area contributed by atoms with Gasteiger partial charge in [0.1, 0.15) is 10.7 Å². The summed E-state index contributed by atoms with van der Waals surface area (Å²) in [7, 11) is -3.93. The summed E-state index contributed by atoms with van der Waals surface area (Å²) in [5.74, 6) is -0.816. The van der Waals surface area contributed by atoms with Gasteiger partial charge >= 0.3 is 0 Å². The number of carbonyl (C=O) groups excluding carboxylic acids is 1. The second-order valence-electron chi connectivity index (χ2n) is 5.70. The van der Waals surface area contributed by atoms with Gasteiger partial charge in [-0.25, -0.2) is 17.5 Å². The van der Waals surface area contributed by atoms with Gasteiger partial charge in [0, 0.05) is 12.5 Å². The fourth-order valence-electron chi connectivity index (χ4n) is 3.10. The Hall–Kier alpha value is -1.47. The first-order valence-electron chi connectivity index (χ1n) is 7.01. The first kappa shape index (κ1) is 14.5. The molecular formula is C14H17FN2O3S. The van der Waals surface area contributed by atoms with Crippen LogP contribution in [0.1, 0.15) is 32.1 Å². The molecule has 2 aliphatic rings. The number of amides is 1. The topological polar surface area (TPSA) is 75.3 Å². The predicted octanol–water partition coefficient (Wildman–Crippen LogP) is 1.31. The monoisotopic (exact) mass is 312 g/mol. The van der Waals surface area contributed by atoms with Crippen LogP contribution in [0.4, 0.5) is 4.39 Å². The molecule has 114 valence electrons. The zero-order valence-corrected chi connectivity index (χ0v) is 12.2. The summed E-state index contributed by atoms with van der Waals surface area (Å²) in [5.41, 5.74) is -0.492. The molecule has 1 aromatic carbocycles. The van der Waals surface area contributed by atoms with Crippen LogP contribution in [0.3, 0.4) is 0 Å². The van der Waals surface area contributed by atoms with E-state index in [2.05, 4.69) is 10.0 Å². The Morgan fingerprint density at radius 3 is 2.62 bits per heavy atom. The number of hydrogen-bond acceptors (Lipinski definition) is 3. The standard InChI is InChI=1S/C14H17FN2O3S/c15-10-4-1-2-5-11(10)21(19,20)17-12-6-7-13(18)16-14(12)8-3-9-14/h1-2,4-5,12,17H,3,6-9H2,(H,16,18). The molecule has 1 heterocycles. The Kier molecular flexibility index (Phi) is 3.49. The molecule has 2 N–H and O–H groups in total. The highest BCUT2D eigenvalue weighted by molar-refractivity contribution is 7.89. The second kappa shape index (κ2) is 5.06. The summed E-state index contributed by atoms with van der Waals surface area (Å²) in [5, 5.41) is 2.91. The number of halogens is 1. The van der Waals surface area contributed by atoms with E-state index in [1.807, 2.05) is 0 Å². The molecule has 1 saturated carbocycles. The van der Waals surface area contributed by atoms with Gasteiger partial charge in [0.05, 0.1) is 5.54 Å². The maximum Gasteiger partial charge on any atom is 0.243 e. The Bertz CT molecular complexity index is 671. The molecule has 1 atom stereocenters. The van der Waals surface area contributed by atoms with Crippen LogP contribution in [0.15, 0.2) is 29.2 Å². The van der Waals surface area contributed by atoms with E-state index in [1.54, 1.807) is 0 Å². The Balaban J connectivity index is 1.85. The van der Waals surface area contributed by atoms with Crippen LogP contribution in [-0.4, -0.2) is 25.9 Å². The molecule has 0 bridgehead atoms. The van der Waals surface area contributed by atoms with Crippen LogP contribution in [0, 0.1) is 5.82 Å². The third kappa shape index (κ3) is 2.55. The van der Waals surface area contributed by atoms with Crippen LogP contribution >= 0.6 is 0 Å². The third-order valence-corrected chi connectivity index (χ3v) is 5.89. The molecule has 5 nitrogen and oxygen atoms in total. The zero-order valence-electron chi connectivity index (χ0n) is 11.4. The average Bonchev–Trinajstić information content (AvgIpc) is 2.39. The Morgan fingerprint density at radius 2 is 2.00 bits per heavy atom. The quantitative estimate of drug-likeness (QED) is 0.883. The molecule has 3 rings (SSSR count). The molecule has 2 fully saturated rings. The van der Waals surface area contributed by atoms with Crippen LogP contribution < -0.4 is 10.0 Å². The van der Waals surface area contributed by atoms with Gasteiger partial charge in [-0.3, -0.25) is 4.79 Å². The van der Waals surface area contributed by atoms with Gasteiger partial charge in [-0.1, -0.05) is 12.1 Å². The predicted molar refractivity (Wildman–Crippen MR) is 74.5 cm³/mol. The summed E-state index contributed by atoms with van der Waals surface area (Å²) in [4.78, 5) is 11.2. The van der Waals surface area contributed by atoms with E-state index in [0.29, 0.717) is 6.42 Å². The van der Waals surface area contributed by atoms with Gasteiger partial charge in [0.25, 0.3) is 0 Å². The summed E-state index contributed by atoms with van der Waals surface area (Å²) >= 11 is 0. The number of piperidine rings is 1. The highest BCUT2D eigenvalue weighted by Crippen LogP contribution is 2.39. The lowest BCUT2D eigenvalue weighted by molar-refractivity contribution is -0.127. The molecule has 1 saturated heterocycles. The molecule has 1 aliphatic carbocycles. The van der Waals surface area contributed by atoms with Gasteiger partial charge in [-0.05, 0) is 37.8 Å². The molecule has 1 spiro atoms. The van der Waals surface area contributed by atoms with Gasteiger partial charge in [-0.15, -0.1) is 0 Å². The maximum absolute atomic E-state index is 13.7. The molecule has 1 amide bonds. The van der Waals surface area contributed by atoms with Crippen molar-refractivity contribution in [3.05, 3.63) is 30.1 Å². The minimum atomic E-state index is -3.93. The van der Waals surface area contributed by atoms with Gasteiger partial charge in [0.15, 0.2) is 0 Å². The van der Waals surface area contributed by atoms with Crippen molar-refractivity contribution in [3.63, 3.8) is 0 Å². The fourth-order valence-corrected chi connectivity index (χ4v) is 4.52. The molecule has 1 aromatic rings. The third-order valence-electron chi connectivity index (χ3n) is 4.38. The van der Waals surface area contributed by atoms with Crippen molar-refractivity contribution in [1.29, 1.82) is 0 Å². The van der Waals surface area contributed by atoms with E-state index >= 15 is 0 Å². The van der Waals surface area contributed by atoms with Crippen LogP contribution in [0.25, 0.3) is 0 Å². The van der Waals surface area contributed by atoms with Crippen molar-refractivity contribution in [3.8, 4) is 0 Å². The lowest BCUT2D eigenvalue weighted by Crippen LogP contribution is -2.68. The number of benzene rings is 1. The first-order valence-corrected chi connectivity index (χ1v) is 8.49. The fraction of sp³-hybridized carbons (Fsp3) is 0.500. The number of carbonyl (C=O) groups is 1. The summed E-state index contributed by atoms with van der Waals surface area (Å²) in [6.07, 6.45) is 3.19. The first-order chi connectivity index (χ1) is 9.93. The highest BCUT2D eigenvalue weighted by Gasteiger charge is 2.49. The number of rotatable bonds is 3. The van der Waals surface area contributed by atoms with Crippen LogP contribution in [0.2, 0.25) is 0 Å². The van der Waals surface area contributed by atoms with E-state index in [9.17, 15) is 17.6 Å². The van der Waals surface area contributed by atoms with Crippen molar-refractivity contribution in [2.24, 2.45) is 0 Å². The summed E-state index contributed by atoms with van der Waals surface area (Å²) in [6.45, 7) is 0. The Labute approximate surface area is 123 Å². The van der Waals surface area contributed by atoms with Crippen LogP contribution in [0.5, 0.6) is 0 Å². The zero-order chi connectivity index (χ0) is 15.1. The van der Waals surface area contributed by atoms with E-state index in [1.165, 1.54) is 18.2 Å². The molecular weight excluding hydrogens is 295 g/mol. The van der Waals surface area contributed by atoms with Crippen molar-refractivity contribution in [2.45, 2.75) is 48.6 Å². The molecule has 1 unspecified atom stereocenters. The minimum Gasteiger partial charge on any atom is -0.349 e. The van der Waals surface area contributed by atoms with Gasteiger partial charge in [0.2, 0.25) is 15.9 Å². The normalized spacial score (nSPS) is 24.4. The molecule has 7 heteroatoms. The number of nitrogens with one attached hydrogen (secondary N) is 2. The lowest BCUT2D eigenvalue weighted by atomic mass is 9.68.